The number of fused-ring (bicyclic) bond motifs is 1. The molecule has 2 aromatic rings. The van der Waals surface area contributed by atoms with Crippen LogP contribution in [0.5, 0.6) is 0 Å². The first-order valence-corrected chi connectivity index (χ1v) is 8.38. The van der Waals surface area contributed by atoms with Crippen LogP contribution in [0, 0.1) is 0 Å². The van der Waals surface area contributed by atoms with Crippen molar-refractivity contribution in [1.29, 1.82) is 0 Å². The summed E-state index contributed by atoms with van der Waals surface area (Å²) in [5, 5.41) is 0. The lowest BCUT2D eigenvalue weighted by Gasteiger charge is -2.28. The molecule has 0 aliphatic carbocycles. The van der Waals surface area contributed by atoms with Gasteiger partial charge in [0.2, 0.25) is 0 Å². The van der Waals surface area contributed by atoms with Crippen LogP contribution >= 0.6 is 0 Å². The summed E-state index contributed by atoms with van der Waals surface area (Å²) in [5.41, 5.74) is 0.192. The van der Waals surface area contributed by atoms with Crippen molar-refractivity contribution in [2.75, 3.05) is 11.4 Å². The standard InChI is InChI=1S/C19H25N3O4/c1-18(2,3)25-15(23)12-22(17(24)26-19(4,5)6)14-9-7-8-13-16(14)21-11-10-20-13/h7-11H,12H2,1-6H3. The molecule has 1 amide bonds. The zero-order valence-electron chi connectivity index (χ0n) is 16.1. The molecule has 0 aliphatic heterocycles. The van der Waals surface area contributed by atoms with Crippen LogP contribution < -0.4 is 4.90 Å². The van der Waals surface area contributed by atoms with E-state index in [1.807, 2.05) is 0 Å². The van der Waals surface area contributed by atoms with Gasteiger partial charge in [0.15, 0.2) is 0 Å². The first kappa shape index (κ1) is 19.6. The van der Waals surface area contributed by atoms with Gasteiger partial charge in [-0.1, -0.05) is 6.07 Å². The Hall–Kier alpha value is -2.70. The number of amides is 1. The van der Waals surface area contributed by atoms with Gasteiger partial charge in [0.25, 0.3) is 0 Å². The minimum Gasteiger partial charge on any atom is -0.459 e. The number of aromatic nitrogens is 2. The SMILES string of the molecule is CC(C)(C)OC(=O)CN(C(=O)OC(C)(C)C)c1cccc2nccnc12. The van der Waals surface area contributed by atoms with E-state index in [4.69, 9.17) is 9.47 Å². The molecule has 7 heteroatoms. The molecule has 0 saturated heterocycles. The highest BCUT2D eigenvalue weighted by Crippen LogP contribution is 2.25. The molecule has 0 N–H and O–H groups in total. The fraction of sp³-hybridized carbons (Fsp3) is 0.474. The molecule has 0 bridgehead atoms. The van der Waals surface area contributed by atoms with E-state index in [1.54, 1.807) is 65.9 Å². The zero-order valence-corrected chi connectivity index (χ0v) is 16.1. The molecule has 1 heterocycles. The van der Waals surface area contributed by atoms with Gasteiger partial charge in [-0.15, -0.1) is 0 Å². The first-order chi connectivity index (χ1) is 12.0. The van der Waals surface area contributed by atoms with Gasteiger partial charge < -0.3 is 9.47 Å². The highest BCUT2D eigenvalue weighted by molar-refractivity contribution is 6.01. The molecule has 0 unspecified atom stereocenters. The second-order valence-corrected chi connectivity index (χ2v) is 7.85. The fourth-order valence-corrected chi connectivity index (χ4v) is 2.26. The second-order valence-electron chi connectivity index (χ2n) is 7.85. The van der Waals surface area contributed by atoms with Crippen LogP contribution in [0.25, 0.3) is 11.0 Å². The number of ether oxygens (including phenoxy) is 2. The summed E-state index contributed by atoms with van der Waals surface area (Å²) in [6.07, 6.45) is 2.45. The maximum Gasteiger partial charge on any atom is 0.415 e. The lowest BCUT2D eigenvalue weighted by molar-refractivity contribution is -0.153. The molecule has 26 heavy (non-hydrogen) atoms. The Morgan fingerprint density at radius 2 is 1.58 bits per heavy atom. The maximum atomic E-state index is 12.8. The minimum absolute atomic E-state index is 0.290. The number of anilines is 1. The molecule has 140 valence electrons. The molecule has 0 saturated carbocycles. The van der Waals surface area contributed by atoms with E-state index < -0.39 is 23.3 Å². The van der Waals surface area contributed by atoms with Crippen LogP contribution in [0.2, 0.25) is 0 Å². The number of esters is 1. The van der Waals surface area contributed by atoms with Gasteiger partial charge in [-0.05, 0) is 53.7 Å². The molecule has 0 radical (unpaired) electrons. The summed E-state index contributed by atoms with van der Waals surface area (Å²) in [7, 11) is 0. The van der Waals surface area contributed by atoms with Gasteiger partial charge in [0.1, 0.15) is 23.3 Å². The average molecular weight is 359 g/mol. The van der Waals surface area contributed by atoms with Crippen LogP contribution in [0.1, 0.15) is 41.5 Å². The van der Waals surface area contributed by atoms with Crippen molar-refractivity contribution in [2.24, 2.45) is 0 Å². The van der Waals surface area contributed by atoms with E-state index in [0.717, 1.165) is 0 Å². The molecule has 2 rings (SSSR count). The van der Waals surface area contributed by atoms with Crippen molar-refractivity contribution in [1.82, 2.24) is 9.97 Å². The normalized spacial score (nSPS) is 11.9. The van der Waals surface area contributed by atoms with Gasteiger partial charge in [-0.3, -0.25) is 19.7 Å². The Bertz CT molecular complexity index is 801. The number of carbonyl (C=O) groups is 2. The van der Waals surface area contributed by atoms with Gasteiger partial charge in [0, 0.05) is 12.4 Å². The largest absolute Gasteiger partial charge is 0.459 e. The summed E-state index contributed by atoms with van der Waals surface area (Å²) in [5.74, 6) is -0.538. The first-order valence-electron chi connectivity index (χ1n) is 8.38. The second kappa shape index (κ2) is 7.27. The Morgan fingerprint density at radius 1 is 0.962 bits per heavy atom. The molecule has 1 aromatic carbocycles. The number of hydrogen-bond donors (Lipinski definition) is 0. The van der Waals surface area contributed by atoms with Crippen molar-refractivity contribution < 1.29 is 19.1 Å². The number of nitrogens with zero attached hydrogens (tertiary/aromatic N) is 3. The summed E-state index contributed by atoms with van der Waals surface area (Å²) in [6.45, 7) is 10.3. The smallest absolute Gasteiger partial charge is 0.415 e. The van der Waals surface area contributed by atoms with Crippen molar-refractivity contribution in [2.45, 2.75) is 52.7 Å². The molecule has 1 aromatic heterocycles. The van der Waals surface area contributed by atoms with Gasteiger partial charge in [-0.2, -0.15) is 0 Å². The predicted molar refractivity (Wildman–Crippen MR) is 99.0 cm³/mol. The number of rotatable bonds is 3. The van der Waals surface area contributed by atoms with Crippen LogP contribution in [0.3, 0.4) is 0 Å². The van der Waals surface area contributed by atoms with E-state index in [2.05, 4.69) is 9.97 Å². The van der Waals surface area contributed by atoms with E-state index >= 15 is 0 Å². The number of hydrogen-bond acceptors (Lipinski definition) is 6. The fourth-order valence-electron chi connectivity index (χ4n) is 2.26. The van der Waals surface area contributed by atoms with Crippen LogP contribution in [0.15, 0.2) is 30.6 Å². The van der Waals surface area contributed by atoms with Crippen LogP contribution in [-0.4, -0.2) is 39.8 Å². The Balaban J connectivity index is 2.42. The van der Waals surface area contributed by atoms with Gasteiger partial charge >= 0.3 is 12.1 Å². The molecule has 0 fully saturated rings. The monoisotopic (exact) mass is 359 g/mol. The molecular weight excluding hydrogens is 334 g/mol. The van der Waals surface area contributed by atoms with Gasteiger partial charge in [0.05, 0.1) is 11.2 Å². The van der Waals surface area contributed by atoms with E-state index in [0.29, 0.717) is 16.7 Å². The molecular formula is C19H25N3O4. The topological polar surface area (TPSA) is 81.6 Å². The summed E-state index contributed by atoms with van der Waals surface area (Å²) in [4.78, 5) is 34.9. The lowest BCUT2D eigenvalue weighted by Crippen LogP contribution is -2.42. The Morgan fingerprint density at radius 3 is 2.19 bits per heavy atom. The predicted octanol–water partition coefficient (Wildman–Crippen LogP) is 3.71. The maximum absolute atomic E-state index is 12.8. The number of benzene rings is 1. The summed E-state index contributed by atoms with van der Waals surface area (Å²) in [6, 6.07) is 5.23. The summed E-state index contributed by atoms with van der Waals surface area (Å²) < 4.78 is 10.8. The average Bonchev–Trinajstić information content (AvgIpc) is 2.48. The third-order valence-corrected chi connectivity index (χ3v) is 3.09. The van der Waals surface area contributed by atoms with Crippen molar-refractivity contribution in [3.05, 3.63) is 30.6 Å². The highest BCUT2D eigenvalue weighted by atomic mass is 16.6. The molecule has 0 spiro atoms. The minimum atomic E-state index is -0.709. The van der Waals surface area contributed by atoms with Crippen LogP contribution in [0.4, 0.5) is 10.5 Å². The van der Waals surface area contributed by atoms with E-state index in [-0.39, 0.29) is 6.54 Å². The van der Waals surface area contributed by atoms with E-state index in [9.17, 15) is 9.59 Å². The van der Waals surface area contributed by atoms with E-state index in [1.165, 1.54) is 11.1 Å². The highest BCUT2D eigenvalue weighted by Gasteiger charge is 2.29. The van der Waals surface area contributed by atoms with Crippen LogP contribution in [-0.2, 0) is 14.3 Å². The van der Waals surface area contributed by atoms with Gasteiger partial charge in [-0.25, -0.2) is 4.79 Å². The van der Waals surface area contributed by atoms with Crippen molar-refractivity contribution >= 4 is 28.8 Å². The lowest BCUT2D eigenvalue weighted by atomic mass is 10.2. The number of carbonyl (C=O) groups excluding carboxylic acids is 2. The molecule has 7 nitrogen and oxygen atoms in total. The quantitative estimate of drug-likeness (QED) is 0.777. The van der Waals surface area contributed by atoms with Crippen molar-refractivity contribution in [3.63, 3.8) is 0 Å². The third kappa shape index (κ3) is 5.40. The molecule has 0 atom stereocenters. The Kier molecular flexibility index (Phi) is 5.49. The zero-order chi connectivity index (χ0) is 19.5. The third-order valence-electron chi connectivity index (χ3n) is 3.09. The molecule has 0 aliphatic rings. The van der Waals surface area contributed by atoms with Crippen molar-refractivity contribution in [3.8, 4) is 0 Å². The summed E-state index contributed by atoms with van der Waals surface area (Å²) >= 11 is 0. The number of para-hydroxylation sites is 1. The Labute approximate surface area is 153 Å².